The fourth-order valence-electron chi connectivity index (χ4n) is 4.99. The molecule has 36 heavy (non-hydrogen) atoms. The maximum absolute atomic E-state index is 13.6. The molecule has 0 bridgehead atoms. The van der Waals surface area contributed by atoms with Gasteiger partial charge in [0.05, 0.1) is 11.4 Å². The zero-order chi connectivity index (χ0) is 25.4. The first-order valence-electron chi connectivity index (χ1n) is 12.1. The molecule has 0 atom stereocenters. The smallest absolute Gasteiger partial charge is 0.227 e. The normalized spacial score (nSPS) is 14.3. The Kier molecular flexibility index (Phi) is 6.35. The predicted molar refractivity (Wildman–Crippen MR) is 137 cm³/mol. The SMILES string of the molecule is Cc1nn(-c2ccccc2)c(N2CCC(C(=O)Nc3ccc(F)c(F)c3)CC2)c1-n1c(C)ccc1C. The van der Waals surface area contributed by atoms with Crippen molar-refractivity contribution in [2.45, 2.75) is 33.6 Å². The van der Waals surface area contributed by atoms with Crippen LogP contribution in [-0.2, 0) is 4.79 Å². The van der Waals surface area contributed by atoms with Gasteiger partial charge in [-0.2, -0.15) is 5.10 Å². The number of hydrogen-bond acceptors (Lipinski definition) is 3. The Morgan fingerprint density at radius 3 is 2.22 bits per heavy atom. The molecule has 1 amide bonds. The Labute approximate surface area is 209 Å². The van der Waals surface area contributed by atoms with E-state index in [9.17, 15) is 13.6 Å². The van der Waals surface area contributed by atoms with E-state index in [1.807, 2.05) is 41.9 Å². The van der Waals surface area contributed by atoms with E-state index < -0.39 is 11.6 Å². The number of rotatable bonds is 5. The maximum Gasteiger partial charge on any atom is 0.227 e. The predicted octanol–water partition coefficient (Wildman–Crippen LogP) is 5.72. The van der Waals surface area contributed by atoms with E-state index in [1.165, 1.54) is 6.07 Å². The van der Waals surface area contributed by atoms with Gasteiger partial charge in [0.25, 0.3) is 0 Å². The molecule has 4 aromatic rings. The van der Waals surface area contributed by atoms with Gasteiger partial charge < -0.3 is 14.8 Å². The number of piperidine rings is 1. The number of carbonyl (C=O) groups is 1. The van der Waals surface area contributed by atoms with Crippen LogP contribution in [0.5, 0.6) is 0 Å². The van der Waals surface area contributed by atoms with Crippen LogP contribution in [0.1, 0.15) is 29.9 Å². The molecule has 1 fully saturated rings. The lowest BCUT2D eigenvalue weighted by molar-refractivity contribution is -0.120. The number of aromatic nitrogens is 3. The number of carbonyl (C=O) groups excluding carboxylic acids is 1. The number of anilines is 2. The molecular formula is C28H29F2N5O. The van der Waals surface area contributed by atoms with Crippen LogP contribution in [0.15, 0.2) is 60.7 Å². The van der Waals surface area contributed by atoms with Gasteiger partial charge in [-0.1, -0.05) is 18.2 Å². The van der Waals surface area contributed by atoms with E-state index in [1.54, 1.807) is 0 Å². The third-order valence-electron chi connectivity index (χ3n) is 6.85. The lowest BCUT2D eigenvalue weighted by Crippen LogP contribution is -2.39. The Balaban J connectivity index is 1.43. The maximum atomic E-state index is 13.6. The summed E-state index contributed by atoms with van der Waals surface area (Å²) in [6.45, 7) is 7.54. The summed E-state index contributed by atoms with van der Waals surface area (Å²) in [4.78, 5) is 15.2. The molecule has 3 heterocycles. The van der Waals surface area contributed by atoms with Crippen LogP contribution < -0.4 is 10.2 Å². The molecule has 2 aromatic heterocycles. The molecule has 0 saturated carbocycles. The Bertz CT molecular complexity index is 1380. The molecule has 0 spiro atoms. The van der Waals surface area contributed by atoms with Crippen LogP contribution in [0.25, 0.3) is 11.4 Å². The summed E-state index contributed by atoms with van der Waals surface area (Å²) in [5.41, 5.74) is 5.47. The zero-order valence-electron chi connectivity index (χ0n) is 20.6. The third-order valence-corrected chi connectivity index (χ3v) is 6.85. The molecule has 0 aliphatic carbocycles. The summed E-state index contributed by atoms with van der Waals surface area (Å²) in [6, 6.07) is 17.7. The molecule has 1 saturated heterocycles. The highest BCUT2D eigenvalue weighted by Gasteiger charge is 2.30. The second-order valence-electron chi connectivity index (χ2n) is 9.34. The van der Waals surface area contributed by atoms with E-state index in [0.717, 1.165) is 46.4 Å². The van der Waals surface area contributed by atoms with E-state index in [2.05, 4.69) is 40.8 Å². The topological polar surface area (TPSA) is 55.1 Å². The van der Waals surface area contributed by atoms with Gasteiger partial charge in [0, 0.05) is 42.1 Å². The van der Waals surface area contributed by atoms with Crippen molar-refractivity contribution in [3.63, 3.8) is 0 Å². The Hall–Kier alpha value is -3.94. The van der Waals surface area contributed by atoms with Gasteiger partial charge in [-0.3, -0.25) is 4.79 Å². The van der Waals surface area contributed by atoms with Crippen molar-refractivity contribution >= 4 is 17.4 Å². The minimum atomic E-state index is -0.977. The summed E-state index contributed by atoms with van der Waals surface area (Å²) >= 11 is 0. The van der Waals surface area contributed by atoms with Crippen molar-refractivity contribution in [3.05, 3.63) is 89.4 Å². The van der Waals surface area contributed by atoms with E-state index in [4.69, 9.17) is 5.10 Å². The summed E-state index contributed by atoms with van der Waals surface area (Å²) < 4.78 is 31.0. The number of nitrogens with one attached hydrogen (secondary N) is 1. The fourth-order valence-corrected chi connectivity index (χ4v) is 4.99. The second-order valence-corrected chi connectivity index (χ2v) is 9.34. The summed E-state index contributed by atoms with van der Waals surface area (Å²) in [6.07, 6.45) is 1.27. The number of nitrogens with zero attached hydrogens (tertiary/aromatic N) is 4. The molecule has 2 aromatic carbocycles. The van der Waals surface area contributed by atoms with Gasteiger partial charge in [-0.15, -0.1) is 0 Å². The van der Waals surface area contributed by atoms with Crippen molar-refractivity contribution < 1.29 is 13.6 Å². The highest BCUT2D eigenvalue weighted by atomic mass is 19.2. The first-order chi connectivity index (χ1) is 17.3. The summed E-state index contributed by atoms with van der Waals surface area (Å²) in [7, 11) is 0. The Morgan fingerprint density at radius 1 is 0.917 bits per heavy atom. The highest BCUT2D eigenvalue weighted by Crippen LogP contribution is 2.35. The minimum absolute atomic E-state index is 0.175. The molecule has 1 N–H and O–H groups in total. The standard InChI is InChI=1S/C28H29F2N5O/c1-18-9-10-19(2)34(18)26-20(3)32-35(23-7-5-4-6-8-23)28(26)33-15-13-21(14-16-33)27(36)31-22-11-12-24(29)25(30)17-22/h4-12,17,21H,13-16H2,1-3H3,(H,31,36). The van der Waals surface area contributed by atoms with Gasteiger partial charge >= 0.3 is 0 Å². The number of amides is 1. The molecule has 186 valence electrons. The molecule has 0 radical (unpaired) electrons. The van der Waals surface area contributed by atoms with Crippen LogP contribution in [0.2, 0.25) is 0 Å². The average Bonchev–Trinajstić information content (AvgIpc) is 3.39. The molecule has 1 aliphatic rings. The molecular weight excluding hydrogens is 460 g/mol. The van der Waals surface area contributed by atoms with Crippen LogP contribution in [0.4, 0.5) is 20.3 Å². The zero-order valence-corrected chi connectivity index (χ0v) is 20.6. The van der Waals surface area contributed by atoms with Crippen molar-refractivity contribution in [3.8, 4) is 11.4 Å². The van der Waals surface area contributed by atoms with Crippen molar-refractivity contribution in [2.24, 2.45) is 5.92 Å². The van der Waals surface area contributed by atoms with Gasteiger partial charge in [0.2, 0.25) is 5.91 Å². The van der Waals surface area contributed by atoms with Gasteiger partial charge in [0.15, 0.2) is 17.5 Å². The number of para-hydroxylation sites is 1. The number of hydrogen-bond donors (Lipinski definition) is 1. The van der Waals surface area contributed by atoms with E-state index in [0.29, 0.717) is 25.9 Å². The number of halogens is 2. The van der Waals surface area contributed by atoms with Gasteiger partial charge in [-0.25, -0.2) is 13.5 Å². The quantitative estimate of drug-likeness (QED) is 0.390. The van der Waals surface area contributed by atoms with E-state index in [-0.39, 0.29) is 17.5 Å². The lowest BCUT2D eigenvalue weighted by atomic mass is 9.95. The number of benzene rings is 2. The molecule has 0 unspecified atom stereocenters. The average molecular weight is 490 g/mol. The van der Waals surface area contributed by atoms with Crippen LogP contribution in [0.3, 0.4) is 0 Å². The van der Waals surface area contributed by atoms with E-state index >= 15 is 0 Å². The molecule has 6 nitrogen and oxygen atoms in total. The van der Waals surface area contributed by atoms with Crippen LogP contribution >= 0.6 is 0 Å². The Morgan fingerprint density at radius 2 is 1.58 bits per heavy atom. The van der Waals surface area contributed by atoms with Crippen molar-refractivity contribution in [2.75, 3.05) is 23.3 Å². The second kappa shape index (κ2) is 9.60. The summed E-state index contributed by atoms with van der Waals surface area (Å²) in [5.74, 6) is -1.31. The molecule has 8 heteroatoms. The van der Waals surface area contributed by atoms with Crippen molar-refractivity contribution in [1.29, 1.82) is 0 Å². The monoisotopic (exact) mass is 489 g/mol. The summed E-state index contributed by atoms with van der Waals surface area (Å²) in [5, 5.41) is 7.67. The number of aryl methyl sites for hydroxylation is 3. The van der Waals surface area contributed by atoms with Crippen LogP contribution in [-0.4, -0.2) is 33.3 Å². The first kappa shape index (κ1) is 23.8. The molecule has 5 rings (SSSR count). The molecule has 1 aliphatic heterocycles. The van der Waals surface area contributed by atoms with Gasteiger partial charge in [0.1, 0.15) is 5.69 Å². The highest BCUT2D eigenvalue weighted by molar-refractivity contribution is 5.92. The van der Waals surface area contributed by atoms with Crippen molar-refractivity contribution in [1.82, 2.24) is 14.3 Å². The fraction of sp³-hybridized carbons (Fsp3) is 0.286. The third kappa shape index (κ3) is 4.39. The minimum Gasteiger partial charge on any atom is -0.355 e. The largest absolute Gasteiger partial charge is 0.355 e. The first-order valence-corrected chi connectivity index (χ1v) is 12.1. The van der Waals surface area contributed by atoms with Gasteiger partial charge in [-0.05, 0) is 70.0 Å². The van der Waals surface area contributed by atoms with Crippen LogP contribution in [0, 0.1) is 38.3 Å². The lowest BCUT2D eigenvalue weighted by Gasteiger charge is -2.34.